The molecule has 1 atom stereocenters. The van der Waals surface area contributed by atoms with E-state index in [-0.39, 0.29) is 23.6 Å². The molecule has 0 fully saturated rings. The number of aromatic amines is 1. The van der Waals surface area contributed by atoms with E-state index in [9.17, 15) is 4.79 Å². The number of halogens is 1. The predicted octanol–water partition coefficient (Wildman–Crippen LogP) is 1.58. The van der Waals surface area contributed by atoms with Gasteiger partial charge in [-0.05, 0) is 34.4 Å². The minimum absolute atomic E-state index is 0.0178. The molecule has 0 saturated carbocycles. The minimum Gasteiger partial charge on any atom is -0.396 e. The summed E-state index contributed by atoms with van der Waals surface area (Å²) in [6.07, 6.45) is 2.00. The lowest BCUT2D eigenvalue weighted by Crippen LogP contribution is -2.36. The molecule has 96 valence electrons. The number of aliphatic hydroxyl groups excluding tert-OH is 1. The molecule has 3 N–H and O–H groups in total. The van der Waals surface area contributed by atoms with Crippen molar-refractivity contribution in [2.45, 2.75) is 33.2 Å². The van der Waals surface area contributed by atoms with Gasteiger partial charge in [0.1, 0.15) is 9.39 Å². The van der Waals surface area contributed by atoms with Gasteiger partial charge in [0.2, 0.25) is 0 Å². The monoisotopic (exact) mass is 351 g/mol. The van der Waals surface area contributed by atoms with Gasteiger partial charge >= 0.3 is 0 Å². The molecule has 0 radical (unpaired) electrons. The Morgan fingerprint density at radius 2 is 2.24 bits per heavy atom. The summed E-state index contributed by atoms with van der Waals surface area (Å²) in [4.78, 5) is 18.1. The SMILES string of the molecule is CC(C)(C)C(CCO)Nc1nc[nH]c(=O)c1I. The standard InChI is InChI=1S/C11H18IN3O2/c1-11(2,3)7(4-5-16)15-9-8(12)10(17)14-6-13-9/h6-7,16H,4-5H2,1-3H3,(H2,13,14,15,17). The number of hydrogen-bond acceptors (Lipinski definition) is 4. The van der Waals surface area contributed by atoms with Crippen LogP contribution in [0, 0.1) is 8.99 Å². The first-order chi connectivity index (χ1) is 7.86. The molecule has 0 amide bonds. The number of aromatic nitrogens is 2. The fourth-order valence-corrected chi connectivity index (χ4v) is 1.95. The first kappa shape index (κ1) is 14.4. The highest BCUT2D eigenvalue weighted by atomic mass is 127. The quantitative estimate of drug-likeness (QED) is 0.720. The lowest BCUT2D eigenvalue weighted by atomic mass is 9.85. The van der Waals surface area contributed by atoms with E-state index in [4.69, 9.17) is 5.11 Å². The normalized spacial score (nSPS) is 13.5. The number of rotatable bonds is 4. The molecular formula is C11H18IN3O2. The Morgan fingerprint density at radius 3 is 2.76 bits per heavy atom. The van der Waals surface area contributed by atoms with Crippen molar-refractivity contribution in [3.8, 4) is 0 Å². The summed E-state index contributed by atoms with van der Waals surface area (Å²) in [5, 5.41) is 12.3. The molecule has 1 aromatic heterocycles. The van der Waals surface area contributed by atoms with E-state index in [1.54, 1.807) is 0 Å². The van der Waals surface area contributed by atoms with E-state index in [0.29, 0.717) is 15.8 Å². The minimum atomic E-state index is -0.153. The van der Waals surface area contributed by atoms with E-state index >= 15 is 0 Å². The molecule has 1 heterocycles. The van der Waals surface area contributed by atoms with Gasteiger partial charge in [-0.1, -0.05) is 20.8 Å². The summed E-state index contributed by atoms with van der Waals surface area (Å²) >= 11 is 1.96. The Labute approximate surface area is 114 Å². The molecule has 6 heteroatoms. The van der Waals surface area contributed by atoms with E-state index in [2.05, 4.69) is 36.1 Å². The number of nitrogens with one attached hydrogen (secondary N) is 2. The first-order valence-electron chi connectivity index (χ1n) is 5.47. The molecule has 0 saturated heterocycles. The maximum atomic E-state index is 11.4. The van der Waals surface area contributed by atoms with Crippen molar-refractivity contribution >= 4 is 28.4 Å². The molecule has 0 aliphatic carbocycles. The zero-order chi connectivity index (χ0) is 13.1. The Balaban J connectivity index is 2.94. The molecule has 0 aliphatic rings. The van der Waals surface area contributed by atoms with Crippen molar-refractivity contribution in [3.05, 3.63) is 20.3 Å². The molecule has 0 spiro atoms. The topological polar surface area (TPSA) is 78.0 Å². The third kappa shape index (κ3) is 3.95. The van der Waals surface area contributed by atoms with Crippen LogP contribution in [0.4, 0.5) is 5.82 Å². The maximum absolute atomic E-state index is 11.4. The van der Waals surface area contributed by atoms with Crippen molar-refractivity contribution in [3.63, 3.8) is 0 Å². The number of hydrogen-bond donors (Lipinski definition) is 3. The van der Waals surface area contributed by atoms with Crippen molar-refractivity contribution in [2.24, 2.45) is 5.41 Å². The lowest BCUT2D eigenvalue weighted by molar-refractivity contribution is 0.235. The number of anilines is 1. The van der Waals surface area contributed by atoms with Crippen molar-refractivity contribution in [2.75, 3.05) is 11.9 Å². The molecule has 0 bridgehead atoms. The summed E-state index contributed by atoms with van der Waals surface area (Å²) in [5.74, 6) is 0.572. The summed E-state index contributed by atoms with van der Waals surface area (Å²) < 4.78 is 0.539. The highest BCUT2D eigenvalue weighted by molar-refractivity contribution is 14.1. The lowest BCUT2D eigenvalue weighted by Gasteiger charge is -2.31. The van der Waals surface area contributed by atoms with Gasteiger partial charge < -0.3 is 15.4 Å². The molecule has 1 rings (SSSR count). The highest BCUT2D eigenvalue weighted by Gasteiger charge is 2.25. The number of H-pyrrole nitrogens is 1. The highest BCUT2D eigenvalue weighted by Crippen LogP contribution is 2.25. The zero-order valence-electron chi connectivity index (χ0n) is 10.2. The van der Waals surface area contributed by atoms with Crippen LogP contribution in [0.5, 0.6) is 0 Å². The Morgan fingerprint density at radius 1 is 1.59 bits per heavy atom. The summed E-state index contributed by atoms with van der Waals surface area (Å²) in [6, 6.07) is 0.0651. The molecule has 17 heavy (non-hydrogen) atoms. The van der Waals surface area contributed by atoms with Crippen LogP contribution >= 0.6 is 22.6 Å². The van der Waals surface area contributed by atoms with Gasteiger partial charge in [0.05, 0.1) is 6.33 Å². The van der Waals surface area contributed by atoms with Crippen LogP contribution in [0.1, 0.15) is 27.2 Å². The van der Waals surface area contributed by atoms with Crippen LogP contribution in [0.3, 0.4) is 0 Å². The van der Waals surface area contributed by atoms with Gasteiger partial charge in [-0.2, -0.15) is 0 Å². The van der Waals surface area contributed by atoms with Crippen LogP contribution < -0.4 is 10.9 Å². The second kappa shape index (κ2) is 5.81. The van der Waals surface area contributed by atoms with Gasteiger partial charge in [0, 0.05) is 12.6 Å². The van der Waals surface area contributed by atoms with Gasteiger partial charge in [0.25, 0.3) is 5.56 Å². The predicted molar refractivity (Wildman–Crippen MR) is 76.1 cm³/mol. The molecule has 5 nitrogen and oxygen atoms in total. The maximum Gasteiger partial charge on any atom is 0.266 e. The molecule has 0 aliphatic heterocycles. The Hall–Kier alpha value is -0.630. The molecule has 1 aromatic rings. The number of nitrogens with zero attached hydrogens (tertiary/aromatic N) is 1. The fourth-order valence-electron chi connectivity index (χ4n) is 1.50. The summed E-state index contributed by atoms with van der Waals surface area (Å²) in [5.41, 5.74) is -0.171. The first-order valence-corrected chi connectivity index (χ1v) is 6.54. The van der Waals surface area contributed by atoms with Gasteiger partial charge in [0.15, 0.2) is 0 Å². The number of aliphatic hydroxyl groups is 1. The van der Waals surface area contributed by atoms with Crippen LogP contribution in [0.15, 0.2) is 11.1 Å². The molecule has 1 unspecified atom stereocenters. The van der Waals surface area contributed by atoms with E-state index in [1.165, 1.54) is 6.33 Å². The van der Waals surface area contributed by atoms with Gasteiger partial charge in [-0.25, -0.2) is 4.98 Å². The second-order valence-corrected chi connectivity index (χ2v) is 6.05. The van der Waals surface area contributed by atoms with Crippen LogP contribution in [0.25, 0.3) is 0 Å². The van der Waals surface area contributed by atoms with Crippen LogP contribution in [-0.2, 0) is 0 Å². The van der Waals surface area contributed by atoms with Crippen LogP contribution in [0.2, 0.25) is 0 Å². The smallest absolute Gasteiger partial charge is 0.266 e. The average Bonchev–Trinajstić information content (AvgIpc) is 2.22. The van der Waals surface area contributed by atoms with Crippen molar-refractivity contribution in [1.29, 1.82) is 0 Å². The van der Waals surface area contributed by atoms with E-state index < -0.39 is 0 Å². The summed E-state index contributed by atoms with van der Waals surface area (Å²) in [6.45, 7) is 6.36. The van der Waals surface area contributed by atoms with Crippen molar-refractivity contribution < 1.29 is 5.11 Å². The van der Waals surface area contributed by atoms with Gasteiger partial charge in [-0.3, -0.25) is 4.79 Å². The zero-order valence-corrected chi connectivity index (χ0v) is 12.4. The van der Waals surface area contributed by atoms with E-state index in [0.717, 1.165) is 0 Å². The van der Waals surface area contributed by atoms with E-state index in [1.807, 2.05) is 22.6 Å². The Kier molecular flexibility index (Phi) is 4.93. The molecule has 0 aromatic carbocycles. The Bertz CT molecular complexity index is 425. The van der Waals surface area contributed by atoms with Gasteiger partial charge in [-0.15, -0.1) is 0 Å². The fraction of sp³-hybridized carbons (Fsp3) is 0.636. The third-order valence-corrected chi connectivity index (χ3v) is 3.57. The second-order valence-electron chi connectivity index (χ2n) is 4.97. The third-order valence-electron chi connectivity index (χ3n) is 2.57. The average molecular weight is 351 g/mol. The summed E-state index contributed by atoms with van der Waals surface area (Å²) in [7, 11) is 0. The van der Waals surface area contributed by atoms with Crippen LogP contribution in [-0.4, -0.2) is 27.7 Å². The molecular weight excluding hydrogens is 333 g/mol. The van der Waals surface area contributed by atoms with Crippen molar-refractivity contribution in [1.82, 2.24) is 9.97 Å². The largest absolute Gasteiger partial charge is 0.396 e.